The van der Waals surface area contributed by atoms with Gasteiger partial charge in [0.15, 0.2) is 0 Å². The van der Waals surface area contributed by atoms with Crippen molar-refractivity contribution in [1.82, 2.24) is 15.1 Å². The Kier molecular flexibility index (Phi) is 9.10. The summed E-state index contributed by atoms with van der Waals surface area (Å²) in [7, 11) is 0. The number of rotatable bonds is 9. The summed E-state index contributed by atoms with van der Waals surface area (Å²) in [6.45, 7) is 2.08. The van der Waals surface area contributed by atoms with Gasteiger partial charge in [0.05, 0.1) is 23.5 Å². The number of para-hydroxylation sites is 1. The van der Waals surface area contributed by atoms with Crippen LogP contribution in [0.3, 0.4) is 0 Å². The molecule has 2 saturated carbocycles. The summed E-state index contributed by atoms with van der Waals surface area (Å²) in [5.41, 5.74) is 3.95. The van der Waals surface area contributed by atoms with Crippen LogP contribution in [0.15, 0.2) is 78.9 Å². The first kappa shape index (κ1) is 30.3. The van der Waals surface area contributed by atoms with Crippen LogP contribution in [0.5, 0.6) is 0 Å². The first-order valence-electron chi connectivity index (χ1n) is 16.1. The number of fused-ring (bicyclic) bond motifs is 1. The fourth-order valence-electron chi connectivity index (χ4n) is 6.74. The topological polar surface area (TPSA) is 102 Å². The average Bonchev–Trinajstić information content (AvgIpc) is 3.71. The number of carbonyl (C=O) groups excluding carboxylic acids is 3. The number of ether oxygens (including phenoxy) is 1. The van der Waals surface area contributed by atoms with Crippen LogP contribution in [0.4, 0.5) is 5.69 Å². The normalized spacial score (nSPS) is 16.6. The van der Waals surface area contributed by atoms with Gasteiger partial charge in [-0.1, -0.05) is 68.5 Å². The number of hydrogen-bond acceptors (Lipinski definition) is 5. The van der Waals surface area contributed by atoms with E-state index in [4.69, 9.17) is 9.84 Å². The molecule has 0 bridgehead atoms. The maximum absolute atomic E-state index is 13.7. The molecule has 2 amide bonds. The van der Waals surface area contributed by atoms with Gasteiger partial charge in [-0.3, -0.25) is 9.59 Å². The Bertz CT molecular complexity index is 1700. The van der Waals surface area contributed by atoms with E-state index in [0.29, 0.717) is 36.6 Å². The summed E-state index contributed by atoms with van der Waals surface area (Å²) in [5.74, 6) is -0.474. The quantitative estimate of drug-likeness (QED) is 0.154. The number of anilines is 1. The molecule has 8 nitrogen and oxygen atoms in total. The SMILES string of the molecule is CCOC(=O)/C=C/c1ccc(NC(=O)C2(NC(=O)c3ccc4c(C5CCCCC5)n(-c5ccccc5)nc4c3)CCCC2)cc1. The van der Waals surface area contributed by atoms with E-state index in [1.807, 2.05) is 48.5 Å². The van der Waals surface area contributed by atoms with Crippen LogP contribution >= 0.6 is 0 Å². The zero-order chi connectivity index (χ0) is 31.2. The van der Waals surface area contributed by atoms with E-state index in [0.717, 1.165) is 47.8 Å². The molecule has 0 saturated heterocycles. The highest BCUT2D eigenvalue weighted by Gasteiger charge is 2.42. The lowest BCUT2D eigenvalue weighted by molar-refractivity contribution is -0.137. The van der Waals surface area contributed by atoms with E-state index < -0.39 is 11.5 Å². The van der Waals surface area contributed by atoms with Crippen molar-refractivity contribution in [2.75, 3.05) is 11.9 Å². The average molecular weight is 605 g/mol. The lowest BCUT2D eigenvalue weighted by Gasteiger charge is -2.29. The molecule has 6 rings (SSSR count). The molecule has 0 aliphatic heterocycles. The van der Waals surface area contributed by atoms with Crippen LogP contribution in [-0.2, 0) is 14.3 Å². The van der Waals surface area contributed by atoms with Gasteiger partial charge in [0.2, 0.25) is 5.91 Å². The van der Waals surface area contributed by atoms with Crippen molar-refractivity contribution < 1.29 is 19.1 Å². The van der Waals surface area contributed by atoms with Crippen molar-refractivity contribution in [3.63, 3.8) is 0 Å². The minimum Gasteiger partial charge on any atom is -0.463 e. The summed E-state index contributed by atoms with van der Waals surface area (Å²) in [6.07, 6.45) is 11.9. The Morgan fingerprint density at radius 3 is 2.38 bits per heavy atom. The molecule has 45 heavy (non-hydrogen) atoms. The van der Waals surface area contributed by atoms with Crippen LogP contribution < -0.4 is 10.6 Å². The molecular weight excluding hydrogens is 564 g/mol. The Morgan fingerprint density at radius 1 is 0.933 bits per heavy atom. The second kappa shape index (κ2) is 13.5. The van der Waals surface area contributed by atoms with Gasteiger partial charge in [-0.2, -0.15) is 5.10 Å². The van der Waals surface area contributed by atoms with E-state index >= 15 is 0 Å². The maximum Gasteiger partial charge on any atom is 0.330 e. The molecule has 8 heteroatoms. The highest BCUT2D eigenvalue weighted by Crippen LogP contribution is 2.38. The Labute approximate surface area is 263 Å². The van der Waals surface area contributed by atoms with Gasteiger partial charge in [0.25, 0.3) is 5.91 Å². The monoisotopic (exact) mass is 604 g/mol. The maximum atomic E-state index is 13.7. The van der Waals surface area contributed by atoms with Crippen molar-refractivity contribution in [2.45, 2.75) is 76.2 Å². The number of amides is 2. The molecule has 0 unspecified atom stereocenters. The summed E-state index contributed by atoms with van der Waals surface area (Å²) in [4.78, 5) is 39.0. The number of carbonyl (C=O) groups is 3. The molecule has 3 aromatic carbocycles. The smallest absolute Gasteiger partial charge is 0.330 e. The number of nitrogens with one attached hydrogen (secondary N) is 2. The summed E-state index contributed by atoms with van der Waals surface area (Å²) >= 11 is 0. The van der Waals surface area contributed by atoms with Crippen LogP contribution in [0.2, 0.25) is 0 Å². The number of esters is 1. The number of benzene rings is 3. The number of aromatic nitrogens is 2. The molecule has 2 fully saturated rings. The lowest BCUT2D eigenvalue weighted by Crippen LogP contribution is -2.55. The van der Waals surface area contributed by atoms with Crippen LogP contribution in [-0.4, -0.2) is 39.7 Å². The van der Waals surface area contributed by atoms with Crippen molar-refractivity contribution in [3.05, 3.63) is 95.7 Å². The molecule has 2 aliphatic rings. The first-order valence-corrected chi connectivity index (χ1v) is 16.1. The Hall–Kier alpha value is -4.72. The number of hydrogen-bond donors (Lipinski definition) is 2. The second-order valence-corrected chi connectivity index (χ2v) is 12.1. The third-order valence-electron chi connectivity index (χ3n) is 9.08. The van der Waals surface area contributed by atoms with Crippen LogP contribution in [0.25, 0.3) is 22.7 Å². The highest BCUT2D eigenvalue weighted by molar-refractivity contribution is 6.05. The van der Waals surface area contributed by atoms with E-state index in [2.05, 4.69) is 27.4 Å². The molecule has 0 spiro atoms. The van der Waals surface area contributed by atoms with Crippen molar-refractivity contribution >= 4 is 40.4 Å². The Morgan fingerprint density at radius 2 is 1.67 bits per heavy atom. The first-order chi connectivity index (χ1) is 22.0. The van der Waals surface area contributed by atoms with E-state index in [9.17, 15) is 14.4 Å². The molecule has 1 aromatic heterocycles. The fourth-order valence-corrected chi connectivity index (χ4v) is 6.74. The summed E-state index contributed by atoms with van der Waals surface area (Å²) in [5, 5.41) is 12.2. The molecule has 2 N–H and O–H groups in total. The van der Waals surface area contributed by atoms with Gasteiger partial charge in [-0.15, -0.1) is 0 Å². The van der Waals surface area contributed by atoms with E-state index in [1.165, 1.54) is 31.0 Å². The minimum atomic E-state index is -0.995. The number of nitrogens with zero attached hydrogens (tertiary/aromatic N) is 2. The molecule has 232 valence electrons. The minimum absolute atomic E-state index is 0.225. The van der Waals surface area contributed by atoms with Crippen LogP contribution in [0, 0.1) is 0 Å². The molecule has 0 atom stereocenters. The molecular formula is C37H40N4O4. The standard InChI is InChI=1S/C37H40N4O4/c1-2-45-33(42)22-17-26-15-19-29(20-16-26)38-36(44)37(23-9-10-24-37)39-35(43)28-18-21-31-32(25-28)40-41(30-13-7-4-8-14-30)34(31)27-11-5-3-6-12-27/h4,7-8,13-22,25,27H,2-3,5-6,9-12,23-24H2,1H3,(H,38,44)(H,39,43)/b22-17+. The predicted octanol–water partition coefficient (Wildman–Crippen LogP) is 7.33. The zero-order valence-electron chi connectivity index (χ0n) is 25.8. The lowest BCUT2D eigenvalue weighted by atomic mass is 9.85. The van der Waals surface area contributed by atoms with Crippen LogP contribution in [0.1, 0.15) is 92.2 Å². The third kappa shape index (κ3) is 6.70. The van der Waals surface area contributed by atoms with Gasteiger partial charge in [0, 0.05) is 28.6 Å². The van der Waals surface area contributed by atoms with Gasteiger partial charge in [-0.05, 0) is 80.6 Å². The third-order valence-corrected chi connectivity index (χ3v) is 9.08. The largest absolute Gasteiger partial charge is 0.463 e. The van der Waals surface area contributed by atoms with E-state index in [1.54, 1.807) is 25.1 Å². The molecule has 2 aliphatic carbocycles. The molecule has 1 heterocycles. The van der Waals surface area contributed by atoms with Crippen molar-refractivity contribution in [2.24, 2.45) is 0 Å². The Balaban J connectivity index is 1.21. The van der Waals surface area contributed by atoms with Gasteiger partial charge < -0.3 is 15.4 Å². The predicted molar refractivity (Wildman–Crippen MR) is 176 cm³/mol. The van der Waals surface area contributed by atoms with Gasteiger partial charge in [0.1, 0.15) is 5.54 Å². The fraction of sp³-hybridized carbons (Fsp3) is 0.351. The van der Waals surface area contributed by atoms with Gasteiger partial charge in [-0.25, -0.2) is 9.48 Å². The van der Waals surface area contributed by atoms with Crippen molar-refractivity contribution in [1.29, 1.82) is 0 Å². The summed E-state index contributed by atoms with van der Waals surface area (Å²) in [6, 6.07) is 23.2. The highest BCUT2D eigenvalue weighted by atomic mass is 16.5. The van der Waals surface area contributed by atoms with Crippen molar-refractivity contribution in [3.8, 4) is 5.69 Å². The van der Waals surface area contributed by atoms with E-state index in [-0.39, 0.29) is 11.8 Å². The zero-order valence-corrected chi connectivity index (χ0v) is 25.8. The van der Waals surface area contributed by atoms with Gasteiger partial charge >= 0.3 is 5.97 Å². The summed E-state index contributed by atoms with van der Waals surface area (Å²) < 4.78 is 6.98. The molecule has 4 aromatic rings. The second-order valence-electron chi connectivity index (χ2n) is 12.1. The molecule has 0 radical (unpaired) electrons.